The van der Waals surface area contributed by atoms with E-state index in [0.29, 0.717) is 17.5 Å². The molecule has 0 aliphatic rings. The van der Waals surface area contributed by atoms with E-state index in [1.807, 2.05) is 73.0 Å². The molecule has 0 aliphatic carbocycles. The molecule has 0 saturated carbocycles. The van der Waals surface area contributed by atoms with Crippen molar-refractivity contribution >= 4 is 35.0 Å². The Hall–Kier alpha value is -3.13. The van der Waals surface area contributed by atoms with Crippen molar-refractivity contribution in [3.05, 3.63) is 66.0 Å². The van der Waals surface area contributed by atoms with Crippen LogP contribution in [0.3, 0.4) is 0 Å². The molecule has 29 heavy (non-hydrogen) atoms. The molecular formula is C21H23N5O2S. The summed E-state index contributed by atoms with van der Waals surface area (Å²) in [5.41, 5.74) is 2.64. The Balaban J connectivity index is 1.56. The van der Waals surface area contributed by atoms with Gasteiger partial charge in [0, 0.05) is 17.9 Å². The van der Waals surface area contributed by atoms with Crippen LogP contribution >= 0.6 is 11.8 Å². The van der Waals surface area contributed by atoms with Crippen molar-refractivity contribution in [2.75, 3.05) is 16.4 Å². The van der Waals surface area contributed by atoms with Crippen molar-refractivity contribution in [1.82, 2.24) is 14.8 Å². The summed E-state index contributed by atoms with van der Waals surface area (Å²) in [4.78, 5) is 24.5. The van der Waals surface area contributed by atoms with Crippen molar-refractivity contribution in [2.24, 2.45) is 0 Å². The fourth-order valence-electron chi connectivity index (χ4n) is 2.71. The minimum Gasteiger partial charge on any atom is -0.326 e. The van der Waals surface area contributed by atoms with Gasteiger partial charge in [0.05, 0.1) is 12.2 Å². The Morgan fingerprint density at radius 1 is 0.931 bits per heavy atom. The monoisotopic (exact) mass is 409 g/mol. The molecule has 8 heteroatoms. The number of carbonyl (C=O) groups is 2. The Morgan fingerprint density at radius 3 is 2.28 bits per heavy atom. The van der Waals surface area contributed by atoms with Gasteiger partial charge in [-0.3, -0.25) is 9.59 Å². The van der Waals surface area contributed by atoms with E-state index in [2.05, 4.69) is 20.8 Å². The van der Waals surface area contributed by atoms with Gasteiger partial charge in [-0.1, -0.05) is 47.7 Å². The van der Waals surface area contributed by atoms with Crippen LogP contribution in [0.25, 0.3) is 0 Å². The first-order valence-electron chi connectivity index (χ1n) is 9.31. The molecule has 3 rings (SSSR count). The Bertz CT molecular complexity index is 970. The number of hydrogen-bond donors (Lipinski definition) is 2. The maximum absolute atomic E-state index is 12.3. The van der Waals surface area contributed by atoms with Gasteiger partial charge in [-0.2, -0.15) is 0 Å². The van der Waals surface area contributed by atoms with Gasteiger partial charge in [0.15, 0.2) is 5.16 Å². The highest BCUT2D eigenvalue weighted by molar-refractivity contribution is 7.99. The molecule has 0 atom stereocenters. The molecule has 0 radical (unpaired) electrons. The lowest BCUT2D eigenvalue weighted by Crippen LogP contribution is -2.18. The van der Waals surface area contributed by atoms with Crippen molar-refractivity contribution in [3.8, 4) is 0 Å². The average Bonchev–Trinajstić information content (AvgIpc) is 3.10. The lowest BCUT2D eigenvalue weighted by Gasteiger charge is -2.08. The van der Waals surface area contributed by atoms with Gasteiger partial charge >= 0.3 is 0 Å². The molecule has 0 saturated heterocycles. The third kappa shape index (κ3) is 5.92. The first-order chi connectivity index (χ1) is 14.0. The molecule has 2 N–H and O–H groups in total. The highest BCUT2D eigenvalue weighted by atomic mass is 32.2. The Labute approximate surface area is 173 Å². The smallest absolute Gasteiger partial charge is 0.234 e. The van der Waals surface area contributed by atoms with Gasteiger partial charge in [-0.15, -0.1) is 10.2 Å². The standard InChI is InChI=1S/C21H23N5O2S/c1-3-26-18(13-19(27)22-16-7-5-4-6-8-16)24-25-21(26)29-14-20(28)23-17-11-9-15(2)10-12-17/h4-12H,3,13-14H2,1-2H3,(H,22,27)(H,23,28). The number of benzene rings is 2. The minimum atomic E-state index is -0.160. The zero-order chi connectivity index (χ0) is 20.6. The Kier molecular flexibility index (Phi) is 7.02. The molecule has 7 nitrogen and oxygen atoms in total. The maximum atomic E-state index is 12.3. The molecule has 1 aromatic heterocycles. The third-order valence-electron chi connectivity index (χ3n) is 4.15. The van der Waals surface area contributed by atoms with E-state index in [1.165, 1.54) is 11.8 Å². The van der Waals surface area contributed by atoms with E-state index in [-0.39, 0.29) is 24.0 Å². The van der Waals surface area contributed by atoms with E-state index in [1.54, 1.807) is 0 Å². The van der Waals surface area contributed by atoms with Crippen LogP contribution in [0.5, 0.6) is 0 Å². The molecule has 0 unspecified atom stereocenters. The van der Waals surface area contributed by atoms with E-state index in [9.17, 15) is 9.59 Å². The van der Waals surface area contributed by atoms with E-state index >= 15 is 0 Å². The fraction of sp³-hybridized carbons (Fsp3) is 0.238. The average molecular weight is 410 g/mol. The molecule has 1 heterocycles. The number of hydrogen-bond acceptors (Lipinski definition) is 5. The summed E-state index contributed by atoms with van der Waals surface area (Å²) in [6.45, 7) is 4.57. The molecule has 150 valence electrons. The van der Waals surface area contributed by atoms with Gasteiger partial charge in [-0.05, 0) is 38.1 Å². The number of amides is 2. The van der Waals surface area contributed by atoms with Crippen LogP contribution in [-0.2, 0) is 22.6 Å². The van der Waals surface area contributed by atoms with Crippen LogP contribution in [0.2, 0.25) is 0 Å². The van der Waals surface area contributed by atoms with Crippen LogP contribution in [0.4, 0.5) is 11.4 Å². The van der Waals surface area contributed by atoms with Crippen molar-refractivity contribution in [2.45, 2.75) is 32.0 Å². The van der Waals surface area contributed by atoms with Crippen LogP contribution in [0.15, 0.2) is 59.8 Å². The summed E-state index contributed by atoms with van der Waals surface area (Å²) >= 11 is 1.30. The lowest BCUT2D eigenvalue weighted by molar-refractivity contribution is -0.116. The molecular weight excluding hydrogens is 386 g/mol. The molecule has 0 bridgehead atoms. The predicted molar refractivity (Wildman–Crippen MR) is 115 cm³/mol. The van der Waals surface area contributed by atoms with Gasteiger partial charge < -0.3 is 15.2 Å². The number of anilines is 2. The van der Waals surface area contributed by atoms with Crippen molar-refractivity contribution < 1.29 is 9.59 Å². The number of aromatic nitrogens is 3. The summed E-state index contributed by atoms with van der Waals surface area (Å²) in [6, 6.07) is 16.9. The largest absolute Gasteiger partial charge is 0.326 e. The zero-order valence-corrected chi connectivity index (χ0v) is 17.2. The Morgan fingerprint density at radius 2 is 1.59 bits per heavy atom. The number of carbonyl (C=O) groups excluding carboxylic acids is 2. The summed E-state index contributed by atoms with van der Waals surface area (Å²) in [7, 11) is 0. The summed E-state index contributed by atoms with van der Waals surface area (Å²) in [5.74, 6) is 0.504. The maximum Gasteiger partial charge on any atom is 0.234 e. The second-order valence-corrected chi connectivity index (χ2v) is 7.38. The van der Waals surface area contributed by atoms with Gasteiger partial charge in [-0.25, -0.2) is 0 Å². The van der Waals surface area contributed by atoms with E-state index in [4.69, 9.17) is 0 Å². The number of aryl methyl sites for hydroxylation is 1. The molecule has 2 aromatic carbocycles. The highest BCUT2D eigenvalue weighted by Gasteiger charge is 2.16. The van der Waals surface area contributed by atoms with E-state index < -0.39 is 0 Å². The lowest BCUT2D eigenvalue weighted by atomic mass is 10.2. The van der Waals surface area contributed by atoms with Crippen LogP contribution in [0, 0.1) is 6.92 Å². The van der Waals surface area contributed by atoms with Crippen LogP contribution < -0.4 is 10.6 Å². The molecule has 0 spiro atoms. The zero-order valence-electron chi connectivity index (χ0n) is 16.4. The minimum absolute atomic E-state index is 0.117. The van der Waals surface area contributed by atoms with Crippen LogP contribution in [0.1, 0.15) is 18.3 Å². The van der Waals surface area contributed by atoms with Crippen molar-refractivity contribution in [3.63, 3.8) is 0 Å². The predicted octanol–water partition coefficient (Wildman–Crippen LogP) is 3.52. The normalized spacial score (nSPS) is 10.6. The quantitative estimate of drug-likeness (QED) is 0.556. The van der Waals surface area contributed by atoms with Crippen molar-refractivity contribution in [1.29, 1.82) is 0 Å². The first-order valence-corrected chi connectivity index (χ1v) is 10.3. The summed E-state index contributed by atoms with van der Waals surface area (Å²) in [6.07, 6.45) is 0.117. The molecule has 0 fully saturated rings. The summed E-state index contributed by atoms with van der Waals surface area (Å²) in [5, 5.41) is 14.6. The topological polar surface area (TPSA) is 88.9 Å². The summed E-state index contributed by atoms with van der Waals surface area (Å²) < 4.78 is 1.86. The third-order valence-corrected chi connectivity index (χ3v) is 5.12. The highest BCUT2D eigenvalue weighted by Crippen LogP contribution is 2.18. The first kappa shape index (κ1) is 20.6. The van der Waals surface area contributed by atoms with Crippen LogP contribution in [-0.4, -0.2) is 32.3 Å². The molecule has 3 aromatic rings. The second kappa shape index (κ2) is 9.88. The molecule has 2 amide bonds. The van der Waals surface area contributed by atoms with Gasteiger partial charge in [0.2, 0.25) is 11.8 Å². The van der Waals surface area contributed by atoms with Gasteiger partial charge in [0.1, 0.15) is 5.82 Å². The number of thioether (sulfide) groups is 1. The van der Waals surface area contributed by atoms with E-state index in [0.717, 1.165) is 16.9 Å². The number of nitrogens with one attached hydrogen (secondary N) is 2. The fourth-order valence-corrected chi connectivity index (χ4v) is 3.53. The van der Waals surface area contributed by atoms with Gasteiger partial charge in [0.25, 0.3) is 0 Å². The second-order valence-electron chi connectivity index (χ2n) is 6.44. The molecule has 0 aliphatic heterocycles. The number of nitrogens with zero attached hydrogens (tertiary/aromatic N) is 3. The number of rotatable bonds is 8. The number of para-hydroxylation sites is 1. The SMILES string of the molecule is CCn1c(CC(=O)Nc2ccccc2)nnc1SCC(=O)Nc1ccc(C)cc1.